The van der Waals surface area contributed by atoms with Gasteiger partial charge in [0.05, 0.1) is 17.5 Å². The van der Waals surface area contributed by atoms with Gasteiger partial charge in [0.2, 0.25) is 0 Å². The lowest BCUT2D eigenvalue weighted by Gasteiger charge is -2.39. The number of aromatic hydroxyl groups is 1. The summed E-state index contributed by atoms with van der Waals surface area (Å²) >= 11 is 0. The molecule has 3 aliphatic rings. The number of primary amides is 1. The average Bonchev–Trinajstić information content (AvgIpc) is 2.78. The summed E-state index contributed by atoms with van der Waals surface area (Å²) in [7, 11) is 3.40. The van der Waals surface area contributed by atoms with Crippen molar-refractivity contribution < 1.29 is 29.7 Å². The van der Waals surface area contributed by atoms with Crippen molar-refractivity contribution in [3.05, 3.63) is 52.0 Å². The van der Waals surface area contributed by atoms with E-state index in [-0.39, 0.29) is 28.6 Å². The van der Waals surface area contributed by atoms with Crippen LogP contribution in [0.1, 0.15) is 28.8 Å². The first-order valence-electron chi connectivity index (χ1n) is 9.87. The van der Waals surface area contributed by atoms with E-state index in [4.69, 9.17) is 5.73 Å². The van der Waals surface area contributed by atoms with E-state index in [9.17, 15) is 29.7 Å². The number of nitrogens with two attached hydrogens (primary N) is 1. The number of benzene rings is 1. The largest absolute Gasteiger partial charge is 0.511 e. The highest BCUT2D eigenvalue weighted by atomic mass is 16.3. The minimum atomic E-state index is -1.16. The number of hydrogen-bond acceptors (Lipinski definition) is 7. The van der Waals surface area contributed by atoms with Crippen molar-refractivity contribution in [2.45, 2.75) is 25.3 Å². The lowest BCUT2D eigenvalue weighted by molar-refractivity contribution is -0.126. The van der Waals surface area contributed by atoms with Gasteiger partial charge in [-0.3, -0.25) is 19.3 Å². The van der Waals surface area contributed by atoms with Crippen molar-refractivity contribution in [3.8, 4) is 5.75 Å². The number of carbonyl (C=O) groups is 3. The predicted octanol–water partition coefficient (Wildman–Crippen LogP) is 1.40. The SMILES string of the molecule is CN(C)[C@@H]1C(O)=C(C(N)=O)C(=O)C2C(O)=C3C(=O)c4c(O)cccc4C[C@H]3CC[C@H]21. The maximum absolute atomic E-state index is 13.3. The number of phenolic OH excluding ortho intramolecular Hbond substituents is 1. The molecule has 0 radical (unpaired) electrons. The Kier molecular flexibility index (Phi) is 4.69. The minimum Gasteiger partial charge on any atom is -0.511 e. The zero-order valence-electron chi connectivity index (χ0n) is 16.8. The molecule has 1 unspecified atom stereocenters. The fourth-order valence-electron chi connectivity index (χ4n) is 5.38. The number of amides is 1. The van der Waals surface area contributed by atoms with Crippen LogP contribution in [-0.4, -0.2) is 57.8 Å². The number of allylic oxidation sites excluding steroid dienone is 2. The van der Waals surface area contributed by atoms with Gasteiger partial charge in [-0.05, 0) is 56.8 Å². The predicted molar refractivity (Wildman–Crippen MR) is 107 cm³/mol. The van der Waals surface area contributed by atoms with Gasteiger partial charge in [-0.15, -0.1) is 0 Å². The Balaban J connectivity index is 1.91. The van der Waals surface area contributed by atoms with Crippen LogP contribution in [0.5, 0.6) is 5.75 Å². The Morgan fingerprint density at radius 3 is 2.43 bits per heavy atom. The molecule has 8 nitrogen and oxygen atoms in total. The molecule has 0 saturated heterocycles. The zero-order valence-corrected chi connectivity index (χ0v) is 16.8. The zero-order chi connectivity index (χ0) is 21.9. The molecule has 30 heavy (non-hydrogen) atoms. The molecule has 5 N–H and O–H groups in total. The molecule has 0 aliphatic heterocycles. The number of likely N-dealkylation sites (N-methyl/N-ethyl adjacent to an activating group) is 1. The molecular weight excluding hydrogens is 388 g/mol. The van der Waals surface area contributed by atoms with Gasteiger partial charge >= 0.3 is 0 Å². The molecule has 4 atom stereocenters. The number of fused-ring (bicyclic) bond motifs is 3. The van der Waals surface area contributed by atoms with Gasteiger partial charge in [-0.25, -0.2) is 0 Å². The first kappa shape index (κ1) is 20.2. The first-order valence-corrected chi connectivity index (χ1v) is 9.87. The van der Waals surface area contributed by atoms with Crippen LogP contribution in [0.3, 0.4) is 0 Å². The molecule has 0 aromatic heterocycles. The monoisotopic (exact) mass is 412 g/mol. The second-order valence-corrected chi connectivity index (χ2v) is 8.46. The highest BCUT2D eigenvalue weighted by Crippen LogP contribution is 2.47. The highest BCUT2D eigenvalue weighted by molar-refractivity contribution is 6.22. The third kappa shape index (κ3) is 2.74. The Hall–Kier alpha value is -3.13. The van der Waals surface area contributed by atoms with Gasteiger partial charge in [0, 0.05) is 5.57 Å². The van der Waals surface area contributed by atoms with E-state index in [1.807, 2.05) is 0 Å². The van der Waals surface area contributed by atoms with E-state index in [1.54, 1.807) is 31.1 Å². The van der Waals surface area contributed by atoms with E-state index < -0.39 is 46.7 Å². The molecule has 0 saturated carbocycles. The summed E-state index contributed by atoms with van der Waals surface area (Å²) in [5.41, 5.74) is 5.76. The van der Waals surface area contributed by atoms with Gasteiger partial charge in [-0.2, -0.15) is 0 Å². The standard InChI is InChI=1S/C22H24N2O6/c1-24(2)17-11-7-6-10-8-9-4-3-5-12(25)13(9)18(26)14(10)19(27)15(11)20(28)16(21(17)29)22(23)30/h3-5,10-11,15,17,25,27,29H,6-8H2,1-2H3,(H2,23,30)/t10-,11-,15?,17+/m1/s1. The molecule has 4 rings (SSSR count). The summed E-state index contributed by atoms with van der Waals surface area (Å²) < 4.78 is 0. The van der Waals surface area contributed by atoms with Crippen molar-refractivity contribution in [1.29, 1.82) is 0 Å². The van der Waals surface area contributed by atoms with Crippen LogP contribution in [0.25, 0.3) is 0 Å². The number of aliphatic hydroxyl groups excluding tert-OH is 2. The van der Waals surface area contributed by atoms with Gasteiger partial charge in [0.1, 0.15) is 22.8 Å². The number of hydrogen-bond donors (Lipinski definition) is 4. The van der Waals surface area contributed by atoms with Crippen molar-refractivity contribution in [1.82, 2.24) is 4.90 Å². The van der Waals surface area contributed by atoms with Crippen LogP contribution in [0.4, 0.5) is 0 Å². The molecule has 0 bridgehead atoms. The van der Waals surface area contributed by atoms with E-state index in [0.29, 0.717) is 24.8 Å². The third-order valence-electron chi connectivity index (χ3n) is 6.60. The Morgan fingerprint density at radius 2 is 1.80 bits per heavy atom. The molecule has 1 aromatic carbocycles. The second kappa shape index (κ2) is 6.98. The third-order valence-corrected chi connectivity index (χ3v) is 6.60. The number of aliphatic hydroxyl groups is 2. The van der Waals surface area contributed by atoms with Crippen molar-refractivity contribution in [2.75, 3.05) is 14.1 Å². The van der Waals surface area contributed by atoms with Gasteiger partial charge < -0.3 is 21.1 Å². The minimum absolute atomic E-state index is 0.104. The molecule has 0 spiro atoms. The summed E-state index contributed by atoms with van der Waals surface area (Å²) in [6.07, 6.45) is 1.41. The van der Waals surface area contributed by atoms with Crippen LogP contribution in [0.2, 0.25) is 0 Å². The van der Waals surface area contributed by atoms with E-state index in [1.165, 1.54) is 6.07 Å². The first-order chi connectivity index (χ1) is 14.1. The quantitative estimate of drug-likeness (QED) is 0.538. The maximum Gasteiger partial charge on any atom is 0.255 e. The summed E-state index contributed by atoms with van der Waals surface area (Å²) in [6.45, 7) is 0. The van der Waals surface area contributed by atoms with Crippen LogP contribution < -0.4 is 5.73 Å². The fraction of sp³-hybridized carbons (Fsp3) is 0.409. The van der Waals surface area contributed by atoms with Gasteiger partial charge in [-0.1, -0.05) is 12.1 Å². The topological polar surface area (TPSA) is 141 Å². The van der Waals surface area contributed by atoms with Crippen LogP contribution >= 0.6 is 0 Å². The van der Waals surface area contributed by atoms with Crippen LogP contribution in [0.15, 0.2) is 40.9 Å². The van der Waals surface area contributed by atoms with E-state index >= 15 is 0 Å². The molecular formula is C22H24N2O6. The summed E-state index contributed by atoms with van der Waals surface area (Å²) in [4.78, 5) is 40.0. The van der Waals surface area contributed by atoms with Crippen molar-refractivity contribution >= 4 is 17.5 Å². The number of carbonyl (C=O) groups excluding carboxylic acids is 3. The van der Waals surface area contributed by atoms with Crippen LogP contribution in [0, 0.1) is 17.8 Å². The molecule has 3 aliphatic carbocycles. The summed E-state index contributed by atoms with van der Waals surface area (Å²) in [6, 6.07) is 4.14. The molecule has 1 amide bonds. The molecule has 0 fully saturated rings. The summed E-state index contributed by atoms with van der Waals surface area (Å²) in [5.74, 6) is -5.32. The van der Waals surface area contributed by atoms with Gasteiger partial charge in [0.25, 0.3) is 5.91 Å². The maximum atomic E-state index is 13.3. The second-order valence-electron chi connectivity index (χ2n) is 8.46. The number of nitrogens with zero attached hydrogens (tertiary/aromatic N) is 1. The molecule has 8 heteroatoms. The Bertz CT molecular complexity index is 1040. The average molecular weight is 412 g/mol. The number of rotatable bonds is 2. The van der Waals surface area contributed by atoms with Crippen molar-refractivity contribution in [3.63, 3.8) is 0 Å². The highest BCUT2D eigenvalue weighted by Gasteiger charge is 2.52. The van der Waals surface area contributed by atoms with E-state index in [2.05, 4.69) is 0 Å². The number of phenols is 1. The molecule has 158 valence electrons. The van der Waals surface area contributed by atoms with Crippen molar-refractivity contribution in [2.24, 2.45) is 23.5 Å². The molecule has 0 heterocycles. The smallest absolute Gasteiger partial charge is 0.255 e. The number of ketones is 2. The van der Waals surface area contributed by atoms with Gasteiger partial charge in [0.15, 0.2) is 11.6 Å². The van der Waals surface area contributed by atoms with Crippen LogP contribution in [-0.2, 0) is 16.0 Å². The molecule has 1 aromatic rings. The fourth-order valence-corrected chi connectivity index (χ4v) is 5.38. The lowest BCUT2D eigenvalue weighted by atomic mass is 9.71. The Labute approximate surface area is 173 Å². The lowest BCUT2D eigenvalue weighted by Crippen LogP contribution is -2.49. The normalized spacial score (nSPS) is 28.8. The number of Topliss-reactive ketones (excluding diaryl/α,β-unsaturated/α-hetero) is 2. The summed E-state index contributed by atoms with van der Waals surface area (Å²) in [5, 5.41) is 32.1. The van der Waals surface area contributed by atoms with E-state index in [0.717, 1.165) is 0 Å². The Morgan fingerprint density at radius 1 is 1.10 bits per heavy atom.